The molecular formula is C11H21NOS. The average Bonchev–Trinajstić information content (AvgIpc) is 2.85. The van der Waals surface area contributed by atoms with Crippen molar-refractivity contribution in [3.63, 3.8) is 0 Å². The van der Waals surface area contributed by atoms with E-state index in [-0.39, 0.29) is 0 Å². The highest BCUT2D eigenvalue weighted by molar-refractivity contribution is 7.99. The minimum Gasteiger partial charge on any atom is -0.377 e. The van der Waals surface area contributed by atoms with Gasteiger partial charge in [-0.05, 0) is 31.9 Å². The molecule has 2 aliphatic rings. The van der Waals surface area contributed by atoms with Crippen molar-refractivity contribution in [2.45, 2.75) is 49.5 Å². The molecule has 0 spiro atoms. The van der Waals surface area contributed by atoms with Gasteiger partial charge >= 0.3 is 0 Å². The maximum absolute atomic E-state index is 5.61. The summed E-state index contributed by atoms with van der Waals surface area (Å²) in [4.78, 5) is 0. The van der Waals surface area contributed by atoms with Crippen molar-refractivity contribution in [1.29, 1.82) is 0 Å². The first-order valence-corrected chi connectivity index (χ1v) is 7.06. The van der Waals surface area contributed by atoms with Gasteiger partial charge in [0.15, 0.2) is 0 Å². The average molecular weight is 215 g/mol. The van der Waals surface area contributed by atoms with Crippen molar-refractivity contribution in [3.05, 3.63) is 0 Å². The van der Waals surface area contributed by atoms with Gasteiger partial charge in [-0.15, -0.1) is 0 Å². The molecule has 0 bridgehead atoms. The number of rotatable bonds is 4. The Hall–Kier alpha value is 0.270. The first-order valence-electron chi connectivity index (χ1n) is 5.78. The molecule has 3 atom stereocenters. The third kappa shape index (κ3) is 2.65. The lowest BCUT2D eigenvalue weighted by Crippen LogP contribution is -2.38. The van der Waals surface area contributed by atoms with E-state index in [2.05, 4.69) is 11.6 Å². The zero-order valence-electron chi connectivity index (χ0n) is 9.00. The van der Waals surface area contributed by atoms with Gasteiger partial charge in [0.25, 0.3) is 0 Å². The van der Waals surface area contributed by atoms with Crippen molar-refractivity contribution >= 4 is 11.8 Å². The van der Waals surface area contributed by atoms with E-state index in [0.717, 1.165) is 24.4 Å². The molecule has 1 N–H and O–H groups in total. The summed E-state index contributed by atoms with van der Waals surface area (Å²) in [6.07, 6.45) is 9.39. The molecule has 1 aliphatic heterocycles. The lowest BCUT2D eigenvalue weighted by Gasteiger charge is -2.21. The fraction of sp³-hybridized carbons (Fsp3) is 1.00. The molecule has 2 nitrogen and oxygen atoms in total. The molecule has 0 aromatic carbocycles. The summed E-state index contributed by atoms with van der Waals surface area (Å²) in [5.74, 6) is 0. The first-order chi connectivity index (χ1) is 6.90. The molecule has 14 heavy (non-hydrogen) atoms. The van der Waals surface area contributed by atoms with Crippen molar-refractivity contribution in [2.75, 3.05) is 19.4 Å². The standard InChI is InChI=1S/C11H21NOS/c1-14-11-6-2-5-10(11)12-8-9-4-3-7-13-9/h9-12H,2-8H2,1H3. The molecule has 3 unspecified atom stereocenters. The lowest BCUT2D eigenvalue weighted by molar-refractivity contribution is 0.108. The van der Waals surface area contributed by atoms with Crippen LogP contribution in [0.3, 0.4) is 0 Å². The van der Waals surface area contributed by atoms with E-state index in [0.29, 0.717) is 6.10 Å². The van der Waals surface area contributed by atoms with Crippen LogP contribution < -0.4 is 5.32 Å². The summed E-state index contributed by atoms with van der Waals surface area (Å²) >= 11 is 2.02. The fourth-order valence-electron chi connectivity index (χ4n) is 2.53. The molecule has 0 amide bonds. The van der Waals surface area contributed by atoms with E-state index in [9.17, 15) is 0 Å². The summed E-state index contributed by atoms with van der Waals surface area (Å²) in [6.45, 7) is 2.05. The van der Waals surface area contributed by atoms with Crippen molar-refractivity contribution < 1.29 is 4.74 Å². The summed E-state index contributed by atoms with van der Waals surface area (Å²) in [5.41, 5.74) is 0. The van der Waals surface area contributed by atoms with E-state index >= 15 is 0 Å². The highest BCUT2D eigenvalue weighted by Crippen LogP contribution is 2.28. The van der Waals surface area contributed by atoms with Gasteiger partial charge in [0.05, 0.1) is 6.10 Å². The number of ether oxygens (including phenoxy) is 1. The van der Waals surface area contributed by atoms with Gasteiger partial charge in [-0.3, -0.25) is 0 Å². The van der Waals surface area contributed by atoms with Gasteiger partial charge in [0, 0.05) is 24.4 Å². The van der Waals surface area contributed by atoms with Crippen LogP contribution in [-0.4, -0.2) is 36.8 Å². The van der Waals surface area contributed by atoms with E-state index in [4.69, 9.17) is 4.74 Å². The normalized spacial score (nSPS) is 37.9. The maximum Gasteiger partial charge on any atom is 0.0700 e. The maximum atomic E-state index is 5.61. The number of hydrogen-bond donors (Lipinski definition) is 1. The SMILES string of the molecule is CSC1CCCC1NCC1CCCO1. The minimum absolute atomic E-state index is 0.498. The van der Waals surface area contributed by atoms with Gasteiger partial charge in [0.1, 0.15) is 0 Å². The Morgan fingerprint density at radius 2 is 2.21 bits per heavy atom. The second-order valence-corrected chi connectivity index (χ2v) is 5.43. The van der Waals surface area contributed by atoms with Gasteiger partial charge in [-0.25, -0.2) is 0 Å². The van der Waals surface area contributed by atoms with Crippen LogP contribution in [0.25, 0.3) is 0 Å². The Bertz CT molecular complexity index is 171. The quantitative estimate of drug-likeness (QED) is 0.775. The molecule has 2 fully saturated rings. The summed E-state index contributed by atoms with van der Waals surface area (Å²) in [5, 5.41) is 4.52. The molecule has 0 aromatic heterocycles. The second kappa shape index (κ2) is 5.38. The van der Waals surface area contributed by atoms with E-state index in [1.165, 1.54) is 32.1 Å². The zero-order valence-corrected chi connectivity index (χ0v) is 9.81. The highest BCUT2D eigenvalue weighted by atomic mass is 32.2. The molecule has 1 aliphatic carbocycles. The summed E-state index contributed by atoms with van der Waals surface area (Å²) in [7, 11) is 0. The molecule has 2 rings (SSSR count). The molecule has 0 radical (unpaired) electrons. The van der Waals surface area contributed by atoms with E-state index in [1.54, 1.807) is 0 Å². The van der Waals surface area contributed by atoms with Crippen LogP contribution >= 0.6 is 11.8 Å². The number of nitrogens with one attached hydrogen (secondary N) is 1. The fourth-order valence-corrected chi connectivity index (χ4v) is 3.49. The summed E-state index contributed by atoms with van der Waals surface area (Å²) in [6, 6.07) is 0.745. The molecule has 82 valence electrons. The zero-order chi connectivity index (χ0) is 9.80. The van der Waals surface area contributed by atoms with Gasteiger partial charge in [-0.1, -0.05) is 6.42 Å². The topological polar surface area (TPSA) is 21.3 Å². The first kappa shape index (κ1) is 10.8. The van der Waals surface area contributed by atoms with Crippen LogP contribution in [-0.2, 0) is 4.74 Å². The molecule has 0 aromatic rings. The second-order valence-electron chi connectivity index (χ2n) is 4.35. The van der Waals surface area contributed by atoms with Crippen LogP contribution in [0.4, 0.5) is 0 Å². The largest absolute Gasteiger partial charge is 0.377 e. The van der Waals surface area contributed by atoms with Gasteiger partial charge in [-0.2, -0.15) is 11.8 Å². The van der Waals surface area contributed by atoms with Crippen molar-refractivity contribution in [3.8, 4) is 0 Å². The number of thioether (sulfide) groups is 1. The van der Waals surface area contributed by atoms with Crippen LogP contribution in [0.5, 0.6) is 0 Å². The Morgan fingerprint density at radius 1 is 1.29 bits per heavy atom. The Labute approximate surface area is 91.2 Å². The molecule has 3 heteroatoms. The Kier molecular flexibility index (Phi) is 4.14. The van der Waals surface area contributed by atoms with E-state index < -0.39 is 0 Å². The van der Waals surface area contributed by atoms with Crippen molar-refractivity contribution in [1.82, 2.24) is 5.32 Å². The molecule has 1 saturated heterocycles. The van der Waals surface area contributed by atoms with E-state index in [1.807, 2.05) is 11.8 Å². The third-order valence-electron chi connectivity index (χ3n) is 3.39. The Morgan fingerprint density at radius 3 is 2.93 bits per heavy atom. The lowest BCUT2D eigenvalue weighted by atomic mass is 10.2. The predicted molar refractivity (Wildman–Crippen MR) is 61.9 cm³/mol. The number of hydrogen-bond acceptors (Lipinski definition) is 3. The third-order valence-corrected chi connectivity index (χ3v) is 4.56. The van der Waals surface area contributed by atoms with Crippen LogP contribution in [0, 0.1) is 0 Å². The monoisotopic (exact) mass is 215 g/mol. The minimum atomic E-state index is 0.498. The molecule has 1 heterocycles. The predicted octanol–water partition coefficient (Wildman–Crippen LogP) is 2.04. The highest BCUT2D eigenvalue weighted by Gasteiger charge is 2.27. The van der Waals surface area contributed by atoms with Crippen LogP contribution in [0.1, 0.15) is 32.1 Å². The smallest absolute Gasteiger partial charge is 0.0700 e. The van der Waals surface area contributed by atoms with Crippen LogP contribution in [0.2, 0.25) is 0 Å². The summed E-state index contributed by atoms with van der Waals surface area (Å²) < 4.78 is 5.61. The molecular weight excluding hydrogens is 194 g/mol. The van der Waals surface area contributed by atoms with Gasteiger partial charge < -0.3 is 10.1 Å². The Balaban J connectivity index is 1.68. The molecule has 1 saturated carbocycles. The van der Waals surface area contributed by atoms with Gasteiger partial charge in [0.2, 0.25) is 0 Å². The van der Waals surface area contributed by atoms with Crippen LogP contribution in [0.15, 0.2) is 0 Å². The van der Waals surface area contributed by atoms with Crippen molar-refractivity contribution in [2.24, 2.45) is 0 Å².